The Morgan fingerprint density at radius 2 is 1.89 bits per heavy atom. The van der Waals surface area contributed by atoms with Gasteiger partial charge in [0.25, 0.3) is 10.2 Å². The summed E-state index contributed by atoms with van der Waals surface area (Å²) < 4.78 is 26.4. The average molecular weight is 293 g/mol. The molecule has 1 rings (SSSR count). The van der Waals surface area contributed by atoms with E-state index < -0.39 is 16.3 Å². The highest BCUT2D eigenvalue weighted by Crippen LogP contribution is 2.27. The molecule has 1 fully saturated rings. The first-order chi connectivity index (χ1) is 8.83. The van der Waals surface area contributed by atoms with E-state index in [0.29, 0.717) is 5.92 Å². The van der Waals surface area contributed by atoms with Gasteiger partial charge in [0.15, 0.2) is 0 Å². The van der Waals surface area contributed by atoms with Crippen LogP contribution in [-0.4, -0.2) is 50.6 Å². The molecule has 0 spiro atoms. The second-order valence-electron chi connectivity index (χ2n) is 5.61. The Kier molecular flexibility index (Phi) is 6.68. The first kappa shape index (κ1) is 16.8. The maximum Gasteiger partial charge on any atom is 0.279 e. The van der Waals surface area contributed by atoms with Gasteiger partial charge in [-0.25, -0.2) is 0 Å². The van der Waals surface area contributed by atoms with E-state index in [1.54, 1.807) is 0 Å². The van der Waals surface area contributed by atoms with Gasteiger partial charge in [0.1, 0.15) is 0 Å². The van der Waals surface area contributed by atoms with Crippen LogP contribution in [0.2, 0.25) is 0 Å². The van der Waals surface area contributed by atoms with Crippen LogP contribution in [0.5, 0.6) is 0 Å². The molecule has 6 nitrogen and oxygen atoms in total. The molecular formula is C12H27N3O3S. The standard InChI is InChI=1S/C12H27N3O3S/c1-15(2)19(17,18)14-9-12(16)11(13)8-10-6-4-3-5-7-10/h10-12,14,16H,3-9,13H2,1-2H3/t11-,12-/m0/s1. The highest BCUT2D eigenvalue weighted by atomic mass is 32.2. The quantitative estimate of drug-likeness (QED) is 0.617. The van der Waals surface area contributed by atoms with Crippen molar-refractivity contribution in [3.05, 3.63) is 0 Å². The van der Waals surface area contributed by atoms with Crippen molar-refractivity contribution in [1.29, 1.82) is 0 Å². The van der Waals surface area contributed by atoms with Gasteiger partial charge in [0.05, 0.1) is 6.10 Å². The Morgan fingerprint density at radius 1 is 1.32 bits per heavy atom. The summed E-state index contributed by atoms with van der Waals surface area (Å²) in [6.45, 7) is -0.0333. The zero-order chi connectivity index (χ0) is 14.5. The molecule has 2 atom stereocenters. The van der Waals surface area contributed by atoms with Gasteiger partial charge in [0, 0.05) is 26.7 Å². The van der Waals surface area contributed by atoms with Crippen LogP contribution in [0.15, 0.2) is 0 Å². The van der Waals surface area contributed by atoms with Crippen molar-refractivity contribution in [2.75, 3.05) is 20.6 Å². The summed E-state index contributed by atoms with van der Waals surface area (Å²) in [7, 11) is -0.610. The van der Waals surface area contributed by atoms with E-state index in [0.717, 1.165) is 10.7 Å². The van der Waals surface area contributed by atoms with E-state index in [4.69, 9.17) is 5.73 Å². The van der Waals surface area contributed by atoms with E-state index in [9.17, 15) is 13.5 Å². The molecule has 0 aromatic heterocycles. The molecule has 1 aliphatic carbocycles. The van der Waals surface area contributed by atoms with Gasteiger partial charge in [-0.15, -0.1) is 0 Å². The molecule has 0 radical (unpaired) electrons. The monoisotopic (exact) mass is 293 g/mol. The number of hydrogen-bond acceptors (Lipinski definition) is 4. The molecule has 0 aromatic carbocycles. The minimum atomic E-state index is -3.49. The lowest BCUT2D eigenvalue weighted by Gasteiger charge is -2.27. The summed E-state index contributed by atoms with van der Waals surface area (Å²) in [4.78, 5) is 0. The minimum absolute atomic E-state index is 0.0333. The van der Waals surface area contributed by atoms with Crippen LogP contribution in [-0.2, 0) is 10.2 Å². The summed E-state index contributed by atoms with van der Waals surface area (Å²) in [5, 5.41) is 9.92. The van der Waals surface area contributed by atoms with Gasteiger partial charge in [0.2, 0.25) is 0 Å². The molecule has 0 unspecified atom stereocenters. The topological polar surface area (TPSA) is 95.7 Å². The highest BCUT2D eigenvalue weighted by molar-refractivity contribution is 7.87. The van der Waals surface area contributed by atoms with E-state index >= 15 is 0 Å². The normalized spacial score (nSPS) is 21.5. The molecule has 114 valence electrons. The van der Waals surface area contributed by atoms with Crippen LogP contribution in [0.1, 0.15) is 38.5 Å². The number of nitrogens with two attached hydrogens (primary N) is 1. The van der Waals surface area contributed by atoms with Crippen molar-refractivity contribution in [3.63, 3.8) is 0 Å². The number of aliphatic hydroxyl groups excluding tert-OH is 1. The van der Waals surface area contributed by atoms with Crippen molar-refractivity contribution in [3.8, 4) is 0 Å². The predicted octanol–water partition coefficient (Wildman–Crippen LogP) is 0.0410. The predicted molar refractivity (Wildman–Crippen MR) is 75.8 cm³/mol. The lowest BCUT2D eigenvalue weighted by Crippen LogP contribution is -2.46. The maximum absolute atomic E-state index is 11.5. The van der Waals surface area contributed by atoms with Crippen molar-refractivity contribution in [2.45, 2.75) is 50.7 Å². The third-order valence-electron chi connectivity index (χ3n) is 3.78. The Bertz CT molecular complexity index is 353. The Hall–Kier alpha value is -0.210. The number of rotatable bonds is 7. The average Bonchev–Trinajstić information content (AvgIpc) is 2.37. The van der Waals surface area contributed by atoms with E-state index in [1.165, 1.54) is 46.2 Å². The third-order valence-corrected chi connectivity index (χ3v) is 5.27. The first-order valence-electron chi connectivity index (χ1n) is 6.93. The number of nitrogens with one attached hydrogen (secondary N) is 1. The molecule has 7 heteroatoms. The molecule has 1 aliphatic rings. The zero-order valence-corrected chi connectivity index (χ0v) is 12.7. The van der Waals surface area contributed by atoms with Gasteiger partial charge in [-0.05, 0) is 12.3 Å². The third kappa shape index (κ3) is 5.74. The molecule has 0 bridgehead atoms. The largest absolute Gasteiger partial charge is 0.390 e. The molecular weight excluding hydrogens is 266 g/mol. The number of aliphatic hydroxyl groups is 1. The Morgan fingerprint density at radius 3 is 2.42 bits per heavy atom. The van der Waals surface area contributed by atoms with Crippen molar-refractivity contribution in [1.82, 2.24) is 9.03 Å². The smallest absolute Gasteiger partial charge is 0.279 e. The van der Waals surface area contributed by atoms with Crippen LogP contribution in [0.4, 0.5) is 0 Å². The fourth-order valence-corrected chi connectivity index (χ4v) is 3.08. The molecule has 1 saturated carbocycles. The molecule has 4 N–H and O–H groups in total. The summed E-state index contributed by atoms with van der Waals surface area (Å²) >= 11 is 0. The van der Waals surface area contributed by atoms with Crippen LogP contribution < -0.4 is 10.5 Å². The highest BCUT2D eigenvalue weighted by Gasteiger charge is 2.23. The Balaban J connectivity index is 2.33. The maximum atomic E-state index is 11.5. The van der Waals surface area contributed by atoms with E-state index in [-0.39, 0.29) is 12.6 Å². The fraction of sp³-hybridized carbons (Fsp3) is 1.00. The van der Waals surface area contributed by atoms with Gasteiger partial charge in [-0.3, -0.25) is 0 Å². The molecule has 0 saturated heterocycles. The molecule has 19 heavy (non-hydrogen) atoms. The van der Waals surface area contributed by atoms with E-state index in [2.05, 4.69) is 4.72 Å². The summed E-state index contributed by atoms with van der Waals surface area (Å²) in [6.07, 6.45) is 6.04. The first-order valence-corrected chi connectivity index (χ1v) is 8.37. The Labute approximate surface area is 116 Å². The molecule has 0 heterocycles. The second kappa shape index (κ2) is 7.54. The van der Waals surface area contributed by atoms with Crippen LogP contribution in [0, 0.1) is 5.92 Å². The van der Waals surface area contributed by atoms with Gasteiger partial charge >= 0.3 is 0 Å². The fourth-order valence-electron chi connectivity index (χ4n) is 2.44. The van der Waals surface area contributed by atoms with Gasteiger partial charge in [-0.2, -0.15) is 17.4 Å². The van der Waals surface area contributed by atoms with Gasteiger partial charge in [-0.1, -0.05) is 32.1 Å². The minimum Gasteiger partial charge on any atom is -0.390 e. The zero-order valence-electron chi connectivity index (χ0n) is 11.9. The van der Waals surface area contributed by atoms with Crippen LogP contribution in [0.3, 0.4) is 0 Å². The number of nitrogens with zero attached hydrogens (tertiary/aromatic N) is 1. The summed E-state index contributed by atoms with van der Waals surface area (Å²) in [6, 6.07) is -0.368. The van der Waals surface area contributed by atoms with Gasteiger partial charge < -0.3 is 10.8 Å². The van der Waals surface area contributed by atoms with Crippen molar-refractivity contribution >= 4 is 10.2 Å². The van der Waals surface area contributed by atoms with E-state index in [1.807, 2.05) is 0 Å². The SMILES string of the molecule is CN(C)S(=O)(=O)NC[C@H](O)[C@@H](N)CC1CCCCC1. The van der Waals surface area contributed by atoms with Crippen molar-refractivity contribution < 1.29 is 13.5 Å². The number of hydrogen-bond donors (Lipinski definition) is 3. The lowest BCUT2D eigenvalue weighted by atomic mass is 9.84. The lowest BCUT2D eigenvalue weighted by molar-refractivity contribution is 0.130. The molecule has 0 aliphatic heterocycles. The molecule has 0 amide bonds. The van der Waals surface area contributed by atoms with Crippen molar-refractivity contribution in [2.24, 2.45) is 11.7 Å². The van der Waals surface area contributed by atoms with Crippen LogP contribution >= 0.6 is 0 Å². The second-order valence-corrected chi connectivity index (χ2v) is 7.58. The molecule has 0 aromatic rings. The summed E-state index contributed by atoms with van der Waals surface area (Å²) in [5.41, 5.74) is 5.96. The van der Waals surface area contributed by atoms with Crippen LogP contribution in [0.25, 0.3) is 0 Å². The summed E-state index contributed by atoms with van der Waals surface area (Å²) in [5.74, 6) is 0.573.